The molecule has 11 heteroatoms. The molecule has 3 aromatic rings. The van der Waals surface area contributed by atoms with Crippen LogP contribution >= 0.6 is 0 Å². The highest BCUT2D eigenvalue weighted by Crippen LogP contribution is 2.56. The summed E-state index contributed by atoms with van der Waals surface area (Å²) in [6.45, 7) is -0.816. The van der Waals surface area contributed by atoms with Gasteiger partial charge in [-0.15, -0.1) is 0 Å². The number of nitrogens with one attached hydrogen (secondary N) is 3. The Balaban J connectivity index is 1.32. The Morgan fingerprint density at radius 2 is 2.00 bits per heavy atom. The molecular weight excluding hydrogens is 440 g/mol. The molecule has 1 unspecified atom stereocenters. The number of nitrogens with zero attached hydrogens (tertiary/aromatic N) is 3. The molecule has 0 radical (unpaired) electrons. The fraction of sp³-hybridized carbons (Fsp3) is 0.565. The van der Waals surface area contributed by atoms with Gasteiger partial charge in [-0.3, -0.25) is 4.79 Å². The lowest BCUT2D eigenvalue weighted by molar-refractivity contribution is -0.129. The zero-order valence-corrected chi connectivity index (χ0v) is 18.6. The summed E-state index contributed by atoms with van der Waals surface area (Å²) in [5, 5.41) is 40.3. The van der Waals surface area contributed by atoms with Gasteiger partial charge in [0.1, 0.15) is 5.65 Å². The van der Waals surface area contributed by atoms with Crippen molar-refractivity contribution in [2.45, 2.75) is 49.8 Å². The van der Waals surface area contributed by atoms with Gasteiger partial charge in [-0.05, 0) is 55.9 Å². The normalized spacial score (nSPS) is 29.8. The number of aliphatic hydroxyl groups is 3. The van der Waals surface area contributed by atoms with Crippen molar-refractivity contribution in [2.75, 3.05) is 18.5 Å². The molecular formula is C23H28N6O5. The first-order valence-electron chi connectivity index (χ1n) is 11.8. The predicted octanol–water partition coefficient (Wildman–Crippen LogP) is 1.05. The second-order valence-corrected chi connectivity index (χ2v) is 10.1. The summed E-state index contributed by atoms with van der Waals surface area (Å²) in [4.78, 5) is 24.3. The van der Waals surface area contributed by atoms with Crippen LogP contribution in [-0.2, 0) is 0 Å². The number of pyridine rings is 1. The number of aromatic amines is 1. The predicted molar refractivity (Wildman–Crippen MR) is 121 cm³/mol. The maximum atomic E-state index is 12.4. The Bertz CT molecular complexity index is 1200. The number of H-pyrrole nitrogens is 1. The molecule has 4 saturated carbocycles. The Morgan fingerprint density at radius 1 is 1.24 bits per heavy atom. The molecule has 4 fully saturated rings. The third-order valence-corrected chi connectivity index (χ3v) is 7.77. The standard InChI is InChI=1S/C23H28N6O5/c30-9-14(10-31)26-21(32)20-28-22(34-29-20)16-8-25-19-15(1-2-24-19)18(16)27-17-12-3-11-4-13(17)7-23(33,5-11)6-12/h1-2,8,11-14,17,30-31,33H,3-7,9-10H2,(H,26,32)(H2,24,25,27)/t11?,12-,13+,17+,23-. The number of carbonyl (C=O) groups is 1. The van der Waals surface area contributed by atoms with Crippen LogP contribution in [0.5, 0.6) is 0 Å². The third-order valence-electron chi connectivity index (χ3n) is 7.77. The first kappa shape index (κ1) is 21.5. The zero-order valence-electron chi connectivity index (χ0n) is 18.6. The van der Waals surface area contributed by atoms with Gasteiger partial charge in [0.15, 0.2) is 0 Å². The Labute approximate surface area is 195 Å². The first-order valence-corrected chi connectivity index (χ1v) is 11.8. The highest BCUT2D eigenvalue weighted by atomic mass is 16.5. The van der Waals surface area contributed by atoms with Crippen LogP contribution in [-0.4, -0.2) is 72.2 Å². The van der Waals surface area contributed by atoms with Gasteiger partial charge in [0.25, 0.3) is 17.6 Å². The van der Waals surface area contributed by atoms with E-state index in [4.69, 9.17) is 4.52 Å². The number of anilines is 1. The molecule has 0 saturated heterocycles. The molecule has 3 aromatic heterocycles. The van der Waals surface area contributed by atoms with Crippen molar-refractivity contribution >= 4 is 22.6 Å². The fourth-order valence-electron chi connectivity index (χ4n) is 6.53. The van der Waals surface area contributed by atoms with E-state index in [1.165, 1.54) is 0 Å². The van der Waals surface area contributed by atoms with Crippen molar-refractivity contribution in [3.8, 4) is 11.5 Å². The van der Waals surface area contributed by atoms with Crippen LogP contribution < -0.4 is 10.6 Å². The molecule has 180 valence electrons. The summed E-state index contributed by atoms with van der Waals surface area (Å²) < 4.78 is 5.43. The topological polar surface area (TPSA) is 169 Å². The molecule has 5 atom stereocenters. The van der Waals surface area contributed by atoms with Gasteiger partial charge < -0.3 is 35.5 Å². The van der Waals surface area contributed by atoms with Crippen LogP contribution in [0.3, 0.4) is 0 Å². The highest BCUT2D eigenvalue weighted by Gasteiger charge is 2.54. The monoisotopic (exact) mass is 468 g/mol. The van der Waals surface area contributed by atoms with Crippen molar-refractivity contribution in [1.82, 2.24) is 25.4 Å². The molecule has 4 aliphatic rings. The number of fused-ring (bicyclic) bond motifs is 1. The SMILES string of the molecule is O=C(NC(CO)CO)c1noc(-c2cnc3[nH]ccc3c2N[C@H]2[C@@H]3CC4C[C@H]2C[C@@](O)(C4)C3)n1. The van der Waals surface area contributed by atoms with Gasteiger partial charge in [0, 0.05) is 23.8 Å². The van der Waals surface area contributed by atoms with E-state index in [0.29, 0.717) is 23.3 Å². The number of hydrogen-bond acceptors (Lipinski definition) is 9. The summed E-state index contributed by atoms with van der Waals surface area (Å²) >= 11 is 0. The largest absolute Gasteiger partial charge is 0.394 e. The first-order chi connectivity index (χ1) is 16.5. The Kier molecular flexibility index (Phi) is 5.08. The third kappa shape index (κ3) is 3.55. The Morgan fingerprint density at radius 3 is 2.71 bits per heavy atom. The summed E-state index contributed by atoms with van der Waals surface area (Å²) in [6.07, 6.45) is 8.26. The van der Waals surface area contributed by atoms with Gasteiger partial charge in [-0.25, -0.2) is 4.98 Å². The molecule has 34 heavy (non-hydrogen) atoms. The minimum atomic E-state index is -0.809. The molecule has 0 aliphatic heterocycles. The second-order valence-electron chi connectivity index (χ2n) is 10.1. The molecule has 1 amide bonds. The molecule has 4 bridgehead atoms. The fourth-order valence-corrected chi connectivity index (χ4v) is 6.53. The number of amides is 1. The van der Waals surface area contributed by atoms with Crippen LogP contribution in [0.2, 0.25) is 0 Å². The van der Waals surface area contributed by atoms with Gasteiger partial charge in [0.2, 0.25) is 0 Å². The molecule has 0 spiro atoms. The van der Waals surface area contributed by atoms with Crippen LogP contribution in [0.25, 0.3) is 22.5 Å². The average molecular weight is 469 g/mol. The van der Waals surface area contributed by atoms with E-state index in [1.54, 1.807) is 6.20 Å². The van der Waals surface area contributed by atoms with Gasteiger partial charge in [-0.1, -0.05) is 5.16 Å². The summed E-state index contributed by atoms with van der Waals surface area (Å²) in [6, 6.07) is 1.35. The maximum absolute atomic E-state index is 12.4. The van der Waals surface area contributed by atoms with E-state index in [2.05, 4.69) is 30.7 Å². The Hall–Kier alpha value is -3.02. The van der Waals surface area contributed by atoms with E-state index < -0.39 is 30.8 Å². The molecule has 7 rings (SSSR count). The molecule has 4 aliphatic carbocycles. The van der Waals surface area contributed by atoms with Gasteiger partial charge in [-0.2, -0.15) is 4.98 Å². The lowest BCUT2D eigenvalue weighted by atomic mass is 9.52. The quantitative estimate of drug-likeness (QED) is 0.297. The number of aromatic nitrogens is 4. The molecule has 6 N–H and O–H groups in total. The minimum absolute atomic E-state index is 0.148. The maximum Gasteiger partial charge on any atom is 0.293 e. The van der Waals surface area contributed by atoms with E-state index in [0.717, 1.165) is 48.8 Å². The number of carbonyl (C=O) groups excluding carboxylic acids is 1. The minimum Gasteiger partial charge on any atom is -0.394 e. The van der Waals surface area contributed by atoms with Crippen LogP contribution in [0.15, 0.2) is 23.0 Å². The number of hydrogen-bond donors (Lipinski definition) is 6. The van der Waals surface area contributed by atoms with Gasteiger partial charge in [0.05, 0.1) is 36.1 Å². The van der Waals surface area contributed by atoms with E-state index in [-0.39, 0.29) is 17.8 Å². The summed E-state index contributed by atoms with van der Waals surface area (Å²) in [5.41, 5.74) is 1.61. The average Bonchev–Trinajstić information content (AvgIpc) is 3.48. The molecule has 11 nitrogen and oxygen atoms in total. The van der Waals surface area contributed by atoms with Crippen molar-refractivity contribution in [3.63, 3.8) is 0 Å². The highest BCUT2D eigenvalue weighted by molar-refractivity contribution is 5.97. The number of rotatable bonds is 7. The van der Waals surface area contributed by atoms with Gasteiger partial charge >= 0.3 is 0 Å². The van der Waals surface area contributed by atoms with Crippen molar-refractivity contribution in [3.05, 3.63) is 24.3 Å². The summed E-state index contributed by atoms with van der Waals surface area (Å²) in [7, 11) is 0. The summed E-state index contributed by atoms with van der Waals surface area (Å²) in [5.74, 6) is 0.688. The van der Waals surface area contributed by atoms with E-state index in [9.17, 15) is 20.1 Å². The zero-order chi connectivity index (χ0) is 23.4. The van der Waals surface area contributed by atoms with Crippen molar-refractivity contribution < 1.29 is 24.6 Å². The molecule has 3 heterocycles. The lowest BCUT2D eigenvalue weighted by Crippen LogP contribution is -2.59. The van der Waals surface area contributed by atoms with Crippen LogP contribution in [0.4, 0.5) is 5.69 Å². The lowest BCUT2D eigenvalue weighted by Gasteiger charge is -2.58. The van der Waals surface area contributed by atoms with Crippen molar-refractivity contribution in [2.24, 2.45) is 17.8 Å². The van der Waals surface area contributed by atoms with E-state index >= 15 is 0 Å². The van der Waals surface area contributed by atoms with E-state index in [1.807, 2.05) is 12.3 Å². The van der Waals surface area contributed by atoms with Crippen LogP contribution in [0, 0.1) is 17.8 Å². The number of aliphatic hydroxyl groups excluding tert-OH is 2. The smallest absolute Gasteiger partial charge is 0.293 e. The second kappa shape index (κ2) is 8.03. The molecule has 0 aromatic carbocycles. The van der Waals surface area contributed by atoms with Crippen molar-refractivity contribution in [1.29, 1.82) is 0 Å². The van der Waals surface area contributed by atoms with Crippen LogP contribution in [0.1, 0.15) is 42.7 Å².